The Morgan fingerprint density at radius 2 is 2.33 bits per heavy atom. The van der Waals surface area contributed by atoms with E-state index < -0.39 is 0 Å². The molecule has 1 nitrogen and oxygen atoms in total. The van der Waals surface area contributed by atoms with Crippen LogP contribution in [0.3, 0.4) is 0 Å². The molecular weight excluding hydrogens is 166 g/mol. The Kier molecular flexibility index (Phi) is 3.48. The number of rotatable bonds is 3. The maximum atomic E-state index is 4.24. The molecule has 0 fully saturated rings. The number of nitrogens with zero attached hydrogens (tertiary/aromatic N) is 1. The van der Waals surface area contributed by atoms with Gasteiger partial charge in [0.05, 0.1) is 5.69 Å². The third-order valence-electron chi connectivity index (χ3n) is 1.62. The molecular formula is C10H15NS. The summed E-state index contributed by atoms with van der Waals surface area (Å²) in [5.74, 6) is 0. The van der Waals surface area contributed by atoms with Gasteiger partial charge in [-0.1, -0.05) is 11.6 Å². The molecule has 1 rings (SSSR count). The Morgan fingerprint density at radius 1 is 1.58 bits per heavy atom. The zero-order chi connectivity index (χ0) is 8.97. The van der Waals surface area contributed by atoms with E-state index >= 15 is 0 Å². The van der Waals surface area contributed by atoms with Gasteiger partial charge < -0.3 is 0 Å². The first-order valence-electron chi connectivity index (χ1n) is 4.24. The predicted molar refractivity (Wildman–Crippen MR) is 54.6 cm³/mol. The van der Waals surface area contributed by atoms with E-state index in [1.54, 1.807) is 11.5 Å². The number of hydrogen-bond donors (Lipinski definition) is 0. The Labute approximate surface area is 78.3 Å². The van der Waals surface area contributed by atoms with Crippen LogP contribution in [0.2, 0.25) is 0 Å². The molecule has 0 spiro atoms. The summed E-state index contributed by atoms with van der Waals surface area (Å²) in [7, 11) is 0. The van der Waals surface area contributed by atoms with Gasteiger partial charge in [0.25, 0.3) is 0 Å². The molecule has 0 aliphatic heterocycles. The van der Waals surface area contributed by atoms with Crippen molar-refractivity contribution in [1.29, 1.82) is 0 Å². The van der Waals surface area contributed by atoms with Crippen LogP contribution in [0.1, 0.15) is 30.8 Å². The Morgan fingerprint density at radius 3 is 2.83 bits per heavy atom. The molecule has 0 aromatic carbocycles. The van der Waals surface area contributed by atoms with Gasteiger partial charge in [-0.15, -0.1) is 0 Å². The quantitative estimate of drug-likeness (QED) is 0.652. The highest BCUT2D eigenvalue weighted by atomic mass is 32.1. The molecule has 0 aliphatic rings. The van der Waals surface area contributed by atoms with Crippen LogP contribution in [0.15, 0.2) is 17.7 Å². The SMILES string of the molecule is CC(C)=CCCc1cc(C)ns1. The van der Waals surface area contributed by atoms with Crippen LogP contribution < -0.4 is 0 Å². The van der Waals surface area contributed by atoms with Gasteiger partial charge in [-0.05, 0) is 51.2 Å². The molecule has 0 saturated carbocycles. The predicted octanol–water partition coefficient (Wildman–Crippen LogP) is 3.35. The van der Waals surface area contributed by atoms with Gasteiger partial charge in [-0.2, -0.15) is 4.37 Å². The highest BCUT2D eigenvalue weighted by molar-refractivity contribution is 7.05. The second-order valence-electron chi connectivity index (χ2n) is 3.25. The van der Waals surface area contributed by atoms with E-state index in [-0.39, 0.29) is 0 Å². The Balaban J connectivity index is 2.38. The van der Waals surface area contributed by atoms with Gasteiger partial charge in [-0.3, -0.25) is 0 Å². The summed E-state index contributed by atoms with van der Waals surface area (Å²) < 4.78 is 4.24. The summed E-state index contributed by atoms with van der Waals surface area (Å²) in [4.78, 5) is 1.39. The van der Waals surface area contributed by atoms with Crippen molar-refractivity contribution in [3.05, 3.63) is 28.3 Å². The number of aryl methyl sites for hydroxylation is 2. The summed E-state index contributed by atoms with van der Waals surface area (Å²) >= 11 is 1.62. The maximum absolute atomic E-state index is 4.24. The van der Waals surface area contributed by atoms with E-state index in [4.69, 9.17) is 0 Å². The lowest BCUT2D eigenvalue weighted by Gasteiger charge is -1.91. The van der Waals surface area contributed by atoms with E-state index in [0.29, 0.717) is 0 Å². The second-order valence-corrected chi connectivity index (χ2v) is 4.14. The van der Waals surface area contributed by atoms with E-state index in [9.17, 15) is 0 Å². The monoisotopic (exact) mass is 181 g/mol. The van der Waals surface area contributed by atoms with Crippen LogP contribution in [0, 0.1) is 6.92 Å². The number of hydrogen-bond acceptors (Lipinski definition) is 2. The molecule has 0 amide bonds. The van der Waals surface area contributed by atoms with E-state index in [1.165, 1.54) is 10.5 Å². The summed E-state index contributed by atoms with van der Waals surface area (Å²) in [6.07, 6.45) is 4.55. The van der Waals surface area contributed by atoms with Crippen LogP contribution in [0.4, 0.5) is 0 Å². The summed E-state index contributed by atoms with van der Waals surface area (Å²) in [5.41, 5.74) is 2.54. The smallest absolute Gasteiger partial charge is 0.0514 e. The molecule has 1 heterocycles. The lowest BCUT2D eigenvalue weighted by atomic mass is 10.2. The van der Waals surface area contributed by atoms with Gasteiger partial charge in [-0.25, -0.2) is 0 Å². The zero-order valence-electron chi connectivity index (χ0n) is 7.92. The van der Waals surface area contributed by atoms with E-state index in [1.807, 2.05) is 6.92 Å². The average Bonchev–Trinajstić information content (AvgIpc) is 2.35. The highest BCUT2D eigenvalue weighted by Crippen LogP contribution is 2.11. The van der Waals surface area contributed by atoms with Crippen LogP contribution in [-0.2, 0) is 6.42 Å². The second kappa shape index (κ2) is 4.41. The lowest BCUT2D eigenvalue weighted by molar-refractivity contribution is 1.01. The van der Waals surface area contributed by atoms with Gasteiger partial charge in [0, 0.05) is 4.88 Å². The van der Waals surface area contributed by atoms with E-state index in [2.05, 4.69) is 30.4 Å². The van der Waals surface area contributed by atoms with Crippen molar-refractivity contribution >= 4 is 11.5 Å². The van der Waals surface area contributed by atoms with Gasteiger partial charge in [0.15, 0.2) is 0 Å². The molecule has 66 valence electrons. The molecule has 0 N–H and O–H groups in total. The van der Waals surface area contributed by atoms with Crippen molar-refractivity contribution in [3.63, 3.8) is 0 Å². The standard InChI is InChI=1S/C10H15NS/c1-8(2)5-4-6-10-7-9(3)11-12-10/h5,7H,4,6H2,1-3H3. The molecule has 0 atom stereocenters. The molecule has 0 radical (unpaired) electrons. The van der Waals surface area contributed by atoms with Crippen LogP contribution in [0.5, 0.6) is 0 Å². The molecule has 12 heavy (non-hydrogen) atoms. The first-order chi connectivity index (χ1) is 5.68. The van der Waals surface area contributed by atoms with Crippen molar-refractivity contribution in [3.8, 4) is 0 Å². The average molecular weight is 181 g/mol. The van der Waals surface area contributed by atoms with Crippen molar-refractivity contribution in [2.45, 2.75) is 33.6 Å². The van der Waals surface area contributed by atoms with Gasteiger partial charge in [0.1, 0.15) is 0 Å². The topological polar surface area (TPSA) is 12.9 Å². The first kappa shape index (κ1) is 9.46. The number of aromatic nitrogens is 1. The molecule has 2 heteroatoms. The maximum Gasteiger partial charge on any atom is 0.0514 e. The third-order valence-corrected chi connectivity index (χ3v) is 2.56. The third kappa shape index (κ3) is 3.18. The Bertz CT molecular complexity index is 269. The van der Waals surface area contributed by atoms with Crippen molar-refractivity contribution in [1.82, 2.24) is 4.37 Å². The molecule has 0 saturated heterocycles. The van der Waals surface area contributed by atoms with Gasteiger partial charge >= 0.3 is 0 Å². The molecule has 0 unspecified atom stereocenters. The summed E-state index contributed by atoms with van der Waals surface area (Å²) in [6, 6.07) is 2.17. The minimum Gasteiger partial charge on any atom is -0.198 e. The largest absolute Gasteiger partial charge is 0.198 e. The van der Waals surface area contributed by atoms with Crippen molar-refractivity contribution < 1.29 is 0 Å². The van der Waals surface area contributed by atoms with Crippen LogP contribution in [0.25, 0.3) is 0 Å². The van der Waals surface area contributed by atoms with Crippen LogP contribution in [-0.4, -0.2) is 4.37 Å². The fraction of sp³-hybridized carbons (Fsp3) is 0.500. The van der Waals surface area contributed by atoms with Crippen molar-refractivity contribution in [2.75, 3.05) is 0 Å². The normalized spacial score (nSPS) is 9.92. The molecule has 0 bridgehead atoms. The van der Waals surface area contributed by atoms with E-state index in [0.717, 1.165) is 18.5 Å². The first-order valence-corrected chi connectivity index (χ1v) is 5.01. The van der Waals surface area contributed by atoms with Gasteiger partial charge in [0.2, 0.25) is 0 Å². The summed E-state index contributed by atoms with van der Waals surface area (Å²) in [6.45, 7) is 6.32. The van der Waals surface area contributed by atoms with Crippen LogP contribution >= 0.6 is 11.5 Å². The minimum atomic E-state index is 1.14. The fourth-order valence-electron chi connectivity index (χ4n) is 1.04. The molecule has 0 aliphatic carbocycles. The summed E-state index contributed by atoms with van der Waals surface area (Å²) in [5, 5.41) is 0. The zero-order valence-corrected chi connectivity index (χ0v) is 8.74. The Hall–Kier alpha value is -0.630. The number of allylic oxidation sites excluding steroid dienone is 2. The molecule has 1 aromatic heterocycles. The van der Waals surface area contributed by atoms with Crippen molar-refractivity contribution in [2.24, 2.45) is 0 Å². The highest BCUT2D eigenvalue weighted by Gasteiger charge is 1.95. The fourth-order valence-corrected chi connectivity index (χ4v) is 1.78. The molecule has 1 aromatic rings. The minimum absolute atomic E-state index is 1.14. The lowest BCUT2D eigenvalue weighted by Crippen LogP contribution is -1.77.